The first-order valence-electron chi connectivity index (χ1n) is 12.4. The van der Waals surface area contributed by atoms with Gasteiger partial charge in [-0.25, -0.2) is 4.68 Å². The molecule has 36 heavy (non-hydrogen) atoms. The summed E-state index contributed by atoms with van der Waals surface area (Å²) in [6, 6.07) is 16.1. The largest absolute Gasteiger partial charge is 0.497 e. The Bertz CT molecular complexity index is 1380. The quantitative estimate of drug-likeness (QED) is 0.440. The molecule has 2 aromatic carbocycles. The lowest BCUT2D eigenvalue weighted by Gasteiger charge is -2.32. The third kappa shape index (κ3) is 4.63. The van der Waals surface area contributed by atoms with Gasteiger partial charge in [0.1, 0.15) is 11.3 Å². The lowest BCUT2D eigenvalue weighted by molar-refractivity contribution is -0.125. The van der Waals surface area contributed by atoms with E-state index in [1.165, 1.54) is 5.56 Å². The smallest absolute Gasteiger partial charge is 0.225 e. The molecule has 0 radical (unpaired) electrons. The lowest BCUT2D eigenvalue weighted by Crippen LogP contribution is -2.43. The van der Waals surface area contributed by atoms with Gasteiger partial charge < -0.3 is 15.0 Å². The Labute approximate surface area is 211 Å². The Hall–Kier alpha value is -3.94. The number of anilines is 1. The van der Waals surface area contributed by atoms with Crippen molar-refractivity contribution >= 4 is 22.6 Å². The minimum atomic E-state index is -0.115. The first-order valence-corrected chi connectivity index (χ1v) is 12.4. The number of piperidine rings is 1. The van der Waals surface area contributed by atoms with Crippen LogP contribution in [0.5, 0.6) is 5.75 Å². The Morgan fingerprint density at radius 2 is 1.81 bits per heavy atom. The lowest BCUT2D eigenvalue weighted by atomic mass is 9.97. The molecule has 3 heterocycles. The first-order chi connectivity index (χ1) is 17.4. The zero-order valence-corrected chi connectivity index (χ0v) is 21.3. The predicted octanol–water partition coefficient (Wildman–Crippen LogP) is 4.28. The van der Waals surface area contributed by atoms with Crippen molar-refractivity contribution in [3.63, 3.8) is 0 Å². The third-order valence-electron chi connectivity index (χ3n) is 6.98. The normalized spacial score (nSPS) is 15.8. The number of carbonyl (C=O) groups excluding carboxylic acids is 1. The molecule has 1 fully saturated rings. The van der Waals surface area contributed by atoms with Gasteiger partial charge >= 0.3 is 0 Å². The number of ether oxygens (including phenoxy) is 1. The second-order valence-corrected chi connectivity index (χ2v) is 9.52. The van der Waals surface area contributed by atoms with Crippen LogP contribution in [0.1, 0.15) is 35.4 Å². The maximum Gasteiger partial charge on any atom is 0.225 e. The van der Waals surface area contributed by atoms with Gasteiger partial charge in [0.15, 0.2) is 5.82 Å². The minimum absolute atomic E-state index is 0.0631. The topological polar surface area (TPSA) is 85.2 Å². The van der Waals surface area contributed by atoms with E-state index in [-0.39, 0.29) is 11.8 Å². The molecule has 186 valence electrons. The van der Waals surface area contributed by atoms with Crippen molar-refractivity contribution in [2.75, 3.05) is 25.1 Å². The molecule has 4 aromatic rings. The van der Waals surface area contributed by atoms with Gasteiger partial charge in [0.25, 0.3) is 0 Å². The van der Waals surface area contributed by atoms with E-state index >= 15 is 0 Å². The number of nitrogens with zero attached hydrogens (tertiary/aromatic N) is 5. The molecular formula is C28H32N6O2. The highest BCUT2D eigenvalue weighted by Gasteiger charge is 2.29. The highest BCUT2D eigenvalue weighted by molar-refractivity contribution is 5.92. The summed E-state index contributed by atoms with van der Waals surface area (Å²) in [5.74, 6) is 1.50. The zero-order valence-electron chi connectivity index (χ0n) is 21.3. The number of nitrogens with one attached hydrogen (secondary N) is 1. The number of hydrogen-bond donors (Lipinski definition) is 1. The number of hydrogen-bond acceptors (Lipinski definition) is 6. The zero-order chi connectivity index (χ0) is 25.2. The van der Waals surface area contributed by atoms with Crippen LogP contribution in [0, 0.1) is 26.7 Å². The number of carbonyl (C=O) groups is 1. The molecule has 0 aliphatic carbocycles. The van der Waals surface area contributed by atoms with Gasteiger partial charge in [0.2, 0.25) is 5.91 Å². The second-order valence-electron chi connectivity index (χ2n) is 9.52. The van der Waals surface area contributed by atoms with E-state index in [0.29, 0.717) is 13.1 Å². The molecule has 5 rings (SSSR count). The SMILES string of the molecule is COc1ccc(CNC(=O)[C@@H]2CCCN(c3nnc(C)c4c(C)n(-c5ccc(C)cc5)nc34)C2)cc1. The maximum absolute atomic E-state index is 13.0. The van der Waals surface area contributed by atoms with Crippen molar-refractivity contribution in [3.8, 4) is 11.4 Å². The Morgan fingerprint density at radius 3 is 2.53 bits per heavy atom. The molecular weight excluding hydrogens is 452 g/mol. The summed E-state index contributed by atoms with van der Waals surface area (Å²) in [5, 5.41) is 18.1. The van der Waals surface area contributed by atoms with Crippen LogP contribution in [0.4, 0.5) is 5.82 Å². The number of aromatic nitrogens is 4. The van der Waals surface area contributed by atoms with Crippen LogP contribution in [-0.4, -0.2) is 46.1 Å². The van der Waals surface area contributed by atoms with E-state index in [1.54, 1.807) is 7.11 Å². The van der Waals surface area contributed by atoms with Crippen molar-refractivity contribution in [3.05, 3.63) is 71.0 Å². The van der Waals surface area contributed by atoms with Crippen molar-refractivity contribution in [2.24, 2.45) is 5.92 Å². The van der Waals surface area contributed by atoms with Gasteiger partial charge in [-0.3, -0.25) is 4.79 Å². The fraction of sp³-hybridized carbons (Fsp3) is 0.357. The summed E-state index contributed by atoms with van der Waals surface area (Å²) < 4.78 is 7.18. The Kier molecular flexibility index (Phi) is 6.59. The summed E-state index contributed by atoms with van der Waals surface area (Å²) in [4.78, 5) is 15.2. The monoisotopic (exact) mass is 484 g/mol. The van der Waals surface area contributed by atoms with Gasteiger partial charge in [-0.05, 0) is 63.4 Å². The molecule has 0 saturated carbocycles. The van der Waals surface area contributed by atoms with Crippen LogP contribution in [-0.2, 0) is 11.3 Å². The van der Waals surface area contributed by atoms with Gasteiger partial charge in [0.05, 0.1) is 35.5 Å². The van der Waals surface area contributed by atoms with E-state index in [0.717, 1.165) is 64.5 Å². The molecule has 8 nitrogen and oxygen atoms in total. The first kappa shape index (κ1) is 23.8. The van der Waals surface area contributed by atoms with E-state index < -0.39 is 0 Å². The van der Waals surface area contributed by atoms with Crippen LogP contribution in [0.15, 0.2) is 48.5 Å². The number of benzene rings is 2. The van der Waals surface area contributed by atoms with Crippen molar-refractivity contribution in [1.29, 1.82) is 0 Å². The summed E-state index contributed by atoms with van der Waals surface area (Å²) in [6.07, 6.45) is 1.76. The standard InChI is InChI=1S/C28H32N6O2/c1-18-7-11-23(12-8-18)34-20(3)25-19(2)30-31-27(26(25)32-34)33-15-5-6-22(17-33)28(35)29-16-21-9-13-24(36-4)14-10-21/h7-14,22H,5-6,15-17H2,1-4H3,(H,29,35)/t22-/m1/s1. The number of rotatable bonds is 6. The molecule has 0 spiro atoms. The van der Waals surface area contributed by atoms with E-state index in [1.807, 2.05) is 35.9 Å². The molecule has 1 aliphatic rings. The maximum atomic E-state index is 13.0. The van der Waals surface area contributed by atoms with Crippen molar-refractivity contribution in [1.82, 2.24) is 25.3 Å². The van der Waals surface area contributed by atoms with Gasteiger partial charge in [-0.1, -0.05) is 29.8 Å². The fourth-order valence-corrected chi connectivity index (χ4v) is 4.92. The molecule has 1 aliphatic heterocycles. The molecule has 1 amide bonds. The summed E-state index contributed by atoms with van der Waals surface area (Å²) >= 11 is 0. The second kappa shape index (κ2) is 9.97. The molecule has 1 atom stereocenters. The number of amides is 1. The fourth-order valence-electron chi connectivity index (χ4n) is 4.92. The minimum Gasteiger partial charge on any atom is -0.497 e. The number of fused-ring (bicyclic) bond motifs is 1. The molecule has 0 bridgehead atoms. The van der Waals surface area contributed by atoms with E-state index in [2.05, 4.69) is 58.5 Å². The van der Waals surface area contributed by atoms with Crippen LogP contribution >= 0.6 is 0 Å². The highest BCUT2D eigenvalue weighted by Crippen LogP contribution is 2.31. The summed E-state index contributed by atoms with van der Waals surface area (Å²) in [5.41, 5.74) is 5.98. The van der Waals surface area contributed by atoms with Crippen LogP contribution in [0.3, 0.4) is 0 Å². The summed E-state index contributed by atoms with van der Waals surface area (Å²) in [6.45, 7) is 8.03. The van der Waals surface area contributed by atoms with E-state index in [4.69, 9.17) is 9.84 Å². The van der Waals surface area contributed by atoms with Gasteiger partial charge in [0, 0.05) is 19.6 Å². The van der Waals surface area contributed by atoms with Crippen molar-refractivity contribution < 1.29 is 9.53 Å². The average molecular weight is 485 g/mol. The molecule has 0 unspecified atom stereocenters. The average Bonchev–Trinajstić information content (AvgIpc) is 3.26. The third-order valence-corrected chi connectivity index (χ3v) is 6.98. The molecule has 1 N–H and O–H groups in total. The Morgan fingerprint density at radius 1 is 1.06 bits per heavy atom. The van der Waals surface area contributed by atoms with Gasteiger partial charge in [-0.15, -0.1) is 5.10 Å². The number of methoxy groups -OCH3 is 1. The highest BCUT2D eigenvalue weighted by atomic mass is 16.5. The predicted molar refractivity (Wildman–Crippen MR) is 141 cm³/mol. The van der Waals surface area contributed by atoms with Crippen LogP contribution in [0.25, 0.3) is 16.6 Å². The van der Waals surface area contributed by atoms with Crippen molar-refractivity contribution in [2.45, 2.75) is 40.2 Å². The Balaban J connectivity index is 1.36. The van der Waals surface area contributed by atoms with Gasteiger partial charge in [-0.2, -0.15) is 10.2 Å². The molecule has 8 heteroatoms. The van der Waals surface area contributed by atoms with Crippen LogP contribution in [0.2, 0.25) is 0 Å². The molecule has 2 aromatic heterocycles. The molecule has 1 saturated heterocycles. The summed E-state index contributed by atoms with van der Waals surface area (Å²) in [7, 11) is 1.64. The van der Waals surface area contributed by atoms with E-state index in [9.17, 15) is 4.79 Å². The number of aryl methyl sites for hydroxylation is 3. The van der Waals surface area contributed by atoms with Crippen LogP contribution < -0.4 is 15.0 Å².